The van der Waals surface area contributed by atoms with Crippen LogP contribution in [-0.2, 0) is 0 Å². The minimum Gasteiger partial charge on any atom is -0.493 e. The van der Waals surface area contributed by atoms with E-state index in [9.17, 15) is 9.90 Å². The number of hydrogen-bond acceptors (Lipinski definition) is 4. The molecule has 0 heterocycles. The van der Waals surface area contributed by atoms with E-state index in [0.717, 1.165) is 0 Å². The summed E-state index contributed by atoms with van der Waals surface area (Å²) in [6.07, 6.45) is 0.607. The molecule has 5 nitrogen and oxygen atoms in total. The van der Waals surface area contributed by atoms with Gasteiger partial charge in [-0.2, -0.15) is 0 Å². The van der Waals surface area contributed by atoms with Crippen LogP contribution in [-0.4, -0.2) is 29.8 Å². The number of nitrogen functional groups attached to an aromatic ring is 1. The number of aliphatic hydroxyl groups is 1. The number of nitrogens with one attached hydrogen (secondary N) is 1. The highest BCUT2D eigenvalue weighted by Gasteiger charge is 2.24. The average molecular weight is 294 g/mol. The standard InChI is InChI=1S/C16H26N2O3/c1-5-21-13-8-6-7-12(17)14(13)15(19)18-10-16(4,20)9-11(2)3/h6-8,11,20H,5,9-10,17H2,1-4H3,(H,18,19). The summed E-state index contributed by atoms with van der Waals surface area (Å²) in [4.78, 5) is 12.3. The van der Waals surface area contributed by atoms with E-state index < -0.39 is 5.60 Å². The van der Waals surface area contributed by atoms with E-state index in [4.69, 9.17) is 10.5 Å². The number of carbonyl (C=O) groups is 1. The van der Waals surface area contributed by atoms with Crippen molar-refractivity contribution in [3.8, 4) is 5.75 Å². The Hall–Kier alpha value is -1.75. The van der Waals surface area contributed by atoms with Gasteiger partial charge in [-0.25, -0.2) is 0 Å². The lowest BCUT2D eigenvalue weighted by atomic mass is 9.94. The normalized spacial score (nSPS) is 13.8. The quantitative estimate of drug-likeness (QED) is 0.673. The smallest absolute Gasteiger partial charge is 0.257 e. The van der Waals surface area contributed by atoms with Crippen molar-refractivity contribution in [1.29, 1.82) is 0 Å². The van der Waals surface area contributed by atoms with Crippen molar-refractivity contribution in [3.05, 3.63) is 23.8 Å². The molecule has 21 heavy (non-hydrogen) atoms. The Morgan fingerprint density at radius 3 is 2.71 bits per heavy atom. The average Bonchev–Trinajstić information content (AvgIpc) is 2.35. The molecule has 0 aromatic heterocycles. The van der Waals surface area contributed by atoms with Crippen molar-refractivity contribution in [2.75, 3.05) is 18.9 Å². The molecule has 0 aliphatic heterocycles. The van der Waals surface area contributed by atoms with Crippen LogP contribution in [0, 0.1) is 5.92 Å². The van der Waals surface area contributed by atoms with Crippen LogP contribution in [0.2, 0.25) is 0 Å². The molecule has 0 saturated carbocycles. The highest BCUT2D eigenvalue weighted by molar-refractivity contribution is 6.01. The van der Waals surface area contributed by atoms with Gasteiger partial charge in [-0.15, -0.1) is 0 Å². The zero-order valence-electron chi connectivity index (χ0n) is 13.3. The number of nitrogens with two attached hydrogens (primary N) is 1. The number of ether oxygens (including phenoxy) is 1. The van der Waals surface area contributed by atoms with Gasteiger partial charge in [-0.05, 0) is 38.3 Å². The highest BCUT2D eigenvalue weighted by atomic mass is 16.5. The largest absolute Gasteiger partial charge is 0.493 e. The maximum absolute atomic E-state index is 12.3. The van der Waals surface area contributed by atoms with Gasteiger partial charge in [0.1, 0.15) is 11.3 Å². The summed E-state index contributed by atoms with van der Waals surface area (Å²) in [5.41, 5.74) is 5.61. The third-order valence-corrected chi connectivity index (χ3v) is 3.06. The van der Waals surface area contributed by atoms with Gasteiger partial charge in [-0.3, -0.25) is 4.79 Å². The molecule has 4 N–H and O–H groups in total. The summed E-state index contributed by atoms with van der Waals surface area (Å²) in [5.74, 6) is 0.469. The van der Waals surface area contributed by atoms with Crippen LogP contribution in [0.4, 0.5) is 5.69 Å². The van der Waals surface area contributed by atoms with E-state index in [-0.39, 0.29) is 12.5 Å². The molecule has 5 heteroatoms. The Labute approximate surface area is 126 Å². The highest BCUT2D eigenvalue weighted by Crippen LogP contribution is 2.24. The molecule has 1 aromatic rings. The number of rotatable bonds is 7. The first-order valence-electron chi connectivity index (χ1n) is 7.28. The van der Waals surface area contributed by atoms with Crippen LogP contribution in [0.25, 0.3) is 0 Å². The van der Waals surface area contributed by atoms with Crippen molar-refractivity contribution in [3.63, 3.8) is 0 Å². The molecule has 0 bridgehead atoms. The summed E-state index contributed by atoms with van der Waals surface area (Å²) in [6, 6.07) is 5.11. The minimum atomic E-state index is -0.945. The minimum absolute atomic E-state index is 0.171. The third-order valence-electron chi connectivity index (χ3n) is 3.06. The fourth-order valence-electron chi connectivity index (χ4n) is 2.38. The first kappa shape index (κ1) is 17.3. The molecule has 0 aliphatic carbocycles. The second-order valence-electron chi connectivity index (χ2n) is 5.93. The van der Waals surface area contributed by atoms with E-state index in [1.807, 2.05) is 20.8 Å². The molecular formula is C16H26N2O3. The van der Waals surface area contributed by atoms with E-state index in [1.165, 1.54) is 0 Å². The Bertz CT molecular complexity index is 484. The second-order valence-corrected chi connectivity index (χ2v) is 5.93. The Morgan fingerprint density at radius 1 is 1.48 bits per heavy atom. The first-order valence-corrected chi connectivity index (χ1v) is 7.28. The lowest BCUT2D eigenvalue weighted by Gasteiger charge is -2.26. The fraction of sp³-hybridized carbons (Fsp3) is 0.562. The van der Waals surface area contributed by atoms with Crippen molar-refractivity contribution >= 4 is 11.6 Å². The maximum Gasteiger partial charge on any atom is 0.257 e. The van der Waals surface area contributed by atoms with Crippen molar-refractivity contribution in [1.82, 2.24) is 5.32 Å². The van der Waals surface area contributed by atoms with Gasteiger partial charge in [0.15, 0.2) is 0 Å². The summed E-state index contributed by atoms with van der Waals surface area (Å²) in [5, 5.41) is 13.0. The molecule has 1 amide bonds. The first-order chi connectivity index (χ1) is 9.76. The van der Waals surface area contributed by atoms with E-state index >= 15 is 0 Å². The lowest BCUT2D eigenvalue weighted by Crippen LogP contribution is -2.41. The molecule has 1 aromatic carbocycles. The van der Waals surface area contributed by atoms with Gasteiger partial charge in [0.2, 0.25) is 0 Å². The zero-order chi connectivity index (χ0) is 16.0. The predicted molar refractivity (Wildman–Crippen MR) is 84.4 cm³/mol. The van der Waals surface area contributed by atoms with Crippen LogP contribution in [0.1, 0.15) is 44.5 Å². The molecule has 1 unspecified atom stereocenters. The van der Waals surface area contributed by atoms with Gasteiger partial charge < -0.3 is 20.9 Å². The Morgan fingerprint density at radius 2 is 2.14 bits per heavy atom. The van der Waals surface area contributed by atoms with Crippen LogP contribution in [0.3, 0.4) is 0 Å². The molecule has 0 fully saturated rings. The van der Waals surface area contributed by atoms with E-state index in [0.29, 0.717) is 35.9 Å². The fourth-order valence-corrected chi connectivity index (χ4v) is 2.38. The Kier molecular flexibility index (Phi) is 6.03. The van der Waals surface area contributed by atoms with Crippen LogP contribution in [0.15, 0.2) is 18.2 Å². The summed E-state index contributed by atoms with van der Waals surface area (Å²) < 4.78 is 5.43. The molecular weight excluding hydrogens is 268 g/mol. The van der Waals surface area contributed by atoms with Gasteiger partial charge in [0.05, 0.1) is 12.2 Å². The molecule has 0 radical (unpaired) electrons. The monoisotopic (exact) mass is 294 g/mol. The molecule has 1 rings (SSSR count). The van der Waals surface area contributed by atoms with Crippen LogP contribution in [0.5, 0.6) is 5.75 Å². The summed E-state index contributed by atoms with van der Waals surface area (Å²) >= 11 is 0. The maximum atomic E-state index is 12.3. The molecule has 0 saturated heterocycles. The van der Waals surface area contributed by atoms with Crippen LogP contribution < -0.4 is 15.8 Å². The van der Waals surface area contributed by atoms with Crippen LogP contribution >= 0.6 is 0 Å². The number of benzene rings is 1. The molecule has 0 spiro atoms. The van der Waals surface area contributed by atoms with Gasteiger partial charge in [-0.1, -0.05) is 19.9 Å². The van der Waals surface area contributed by atoms with E-state index in [1.54, 1.807) is 25.1 Å². The molecule has 1 atom stereocenters. The summed E-state index contributed by atoms with van der Waals surface area (Å²) in [7, 11) is 0. The van der Waals surface area contributed by atoms with Gasteiger partial charge in [0, 0.05) is 12.2 Å². The molecule has 0 aliphatic rings. The second kappa shape index (κ2) is 7.31. The number of hydrogen-bond donors (Lipinski definition) is 3. The van der Waals surface area contributed by atoms with E-state index in [2.05, 4.69) is 5.32 Å². The number of carbonyl (C=O) groups excluding carboxylic acids is 1. The van der Waals surface area contributed by atoms with Gasteiger partial charge >= 0.3 is 0 Å². The van der Waals surface area contributed by atoms with Crippen molar-refractivity contribution < 1.29 is 14.6 Å². The summed E-state index contributed by atoms with van der Waals surface area (Å²) in [6.45, 7) is 8.24. The number of anilines is 1. The molecule has 118 valence electrons. The lowest BCUT2D eigenvalue weighted by molar-refractivity contribution is 0.0368. The topological polar surface area (TPSA) is 84.6 Å². The third kappa shape index (κ3) is 5.27. The SMILES string of the molecule is CCOc1cccc(N)c1C(=O)NCC(C)(O)CC(C)C. The van der Waals surface area contributed by atoms with Crippen molar-refractivity contribution in [2.45, 2.75) is 39.7 Å². The zero-order valence-corrected chi connectivity index (χ0v) is 13.3. The van der Waals surface area contributed by atoms with Crippen molar-refractivity contribution in [2.24, 2.45) is 5.92 Å². The predicted octanol–water partition coefficient (Wildman–Crippen LogP) is 2.19. The number of amides is 1. The Balaban J connectivity index is 2.81. The van der Waals surface area contributed by atoms with Gasteiger partial charge in [0.25, 0.3) is 5.91 Å².